The molecule has 0 rings (SSSR count). The van der Waals surface area contributed by atoms with Gasteiger partial charge in [0.2, 0.25) is 0 Å². The molecule has 0 aliphatic heterocycles. The highest BCUT2D eigenvalue weighted by Crippen LogP contribution is 2.24. The van der Waals surface area contributed by atoms with Crippen LogP contribution in [0.4, 0.5) is 0 Å². The number of nitrogens with zero attached hydrogens (tertiary/aromatic N) is 3. The van der Waals surface area contributed by atoms with Gasteiger partial charge in [0.15, 0.2) is 5.78 Å². The van der Waals surface area contributed by atoms with Crippen molar-refractivity contribution in [2.45, 2.75) is 478 Å². The van der Waals surface area contributed by atoms with E-state index in [4.69, 9.17) is 0 Å². The number of carbonyl (C=O) groups excluding carboxylic acids is 1. The highest BCUT2D eigenvalue weighted by Gasteiger charge is 2.30. The van der Waals surface area contributed by atoms with Crippen LogP contribution in [0.15, 0.2) is 0 Å². The molecule has 0 saturated carbocycles. The van der Waals surface area contributed by atoms with Crippen LogP contribution in [0, 0.1) is 5.92 Å². The number of rotatable bonds is 81. The Balaban J connectivity index is 6.24. The fourth-order valence-corrected chi connectivity index (χ4v) is 14.6. The molecule has 0 aromatic rings. The normalized spacial score (nSPS) is 12.6. The summed E-state index contributed by atoms with van der Waals surface area (Å²) in [4.78, 5) is 36.7. The lowest BCUT2D eigenvalue weighted by Gasteiger charge is -2.32. The Hall–Kier alpha value is -0.980. The van der Waals surface area contributed by atoms with Crippen molar-refractivity contribution in [1.82, 2.24) is 14.7 Å². The molecule has 0 fully saturated rings. The minimum absolute atomic E-state index is 0.158. The first-order valence-electron chi connectivity index (χ1n) is 42.8. The Morgan fingerprint density at radius 1 is 0.231 bits per heavy atom. The first kappa shape index (κ1) is 90.0. The number of carbonyl (C=O) groups is 2. The Bertz CT molecular complexity index is 1320. The van der Waals surface area contributed by atoms with Crippen LogP contribution in [-0.4, -0.2) is 90.0 Å². The molecule has 0 saturated heterocycles. The quantitative estimate of drug-likeness (QED) is 0.0612. The van der Waals surface area contributed by atoms with E-state index >= 15 is 4.79 Å². The van der Waals surface area contributed by atoms with E-state index in [1.807, 2.05) is 0 Å². The van der Waals surface area contributed by atoms with Gasteiger partial charge in [0, 0.05) is 6.42 Å². The molecule has 6 nitrogen and oxygen atoms in total. The molecule has 0 heterocycles. The van der Waals surface area contributed by atoms with Gasteiger partial charge in [0.05, 0.1) is 12.0 Å². The number of hydrogen-bond acceptors (Lipinski definition) is 5. The van der Waals surface area contributed by atoms with Gasteiger partial charge in [-0.3, -0.25) is 14.5 Å². The summed E-state index contributed by atoms with van der Waals surface area (Å²) in [5.41, 5.74) is 0. The maximum Gasteiger partial charge on any atom is 0.306 e. The zero-order valence-electron chi connectivity index (χ0n) is 63.8. The Labute approximate surface area is 574 Å². The fraction of sp³-hybridized carbons (Fsp3) is 0.976. The van der Waals surface area contributed by atoms with Crippen molar-refractivity contribution in [2.24, 2.45) is 5.92 Å². The number of unbranched alkanes of at least 4 members (excludes halogenated alkanes) is 56. The lowest BCUT2D eigenvalue weighted by Crippen LogP contribution is -2.43. The number of ketones is 1. The summed E-state index contributed by atoms with van der Waals surface area (Å²) in [5.74, 6) is -1.09. The molecular weight excluding hydrogens is 1110 g/mol. The maximum atomic E-state index is 15.2. The molecule has 1 N–H and O–H groups in total. The first-order chi connectivity index (χ1) is 44.9. The second-order valence-corrected chi connectivity index (χ2v) is 30.0. The van der Waals surface area contributed by atoms with Gasteiger partial charge in [0.1, 0.15) is 0 Å². The van der Waals surface area contributed by atoms with Gasteiger partial charge in [0.25, 0.3) is 0 Å². The van der Waals surface area contributed by atoms with Gasteiger partial charge < -0.3 is 14.9 Å². The zero-order valence-corrected chi connectivity index (χ0v) is 63.8. The molecule has 2 unspecified atom stereocenters. The van der Waals surface area contributed by atoms with Crippen LogP contribution >= 0.6 is 0 Å². The largest absolute Gasteiger partial charge is 0.481 e. The summed E-state index contributed by atoms with van der Waals surface area (Å²) in [5, 5.41) is 10.9. The van der Waals surface area contributed by atoms with Gasteiger partial charge in [-0.05, 0) is 117 Å². The third kappa shape index (κ3) is 66.1. The number of carboxylic acids is 1. The number of aliphatic carboxylic acids is 1. The highest BCUT2D eigenvalue weighted by atomic mass is 16.4. The summed E-state index contributed by atoms with van der Waals surface area (Å²) in [6.45, 7) is 22.9. The molecule has 0 bridgehead atoms. The second kappa shape index (κ2) is 76.4. The minimum Gasteiger partial charge on any atom is -0.481 e. The van der Waals surface area contributed by atoms with Crippen molar-refractivity contribution < 1.29 is 14.7 Å². The monoisotopic (exact) mass is 1280 g/mol. The van der Waals surface area contributed by atoms with Crippen molar-refractivity contribution in [2.75, 3.05) is 52.4 Å². The van der Waals surface area contributed by atoms with Gasteiger partial charge in [-0.15, -0.1) is 0 Å². The van der Waals surface area contributed by atoms with Crippen molar-refractivity contribution in [3.63, 3.8) is 0 Å². The Morgan fingerprint density at radius 2 is 0.407 bits per heavy atom. The van der Waals surface area contributed by atoms with E-state index in [-0.39, 0.29) is 18.2 Å². The molecule has 2 atom stereocenters. The average molecular weight is 1280 g/mol. The molecular formula is C85H171N3O3. The topological polar surface area (TPSA) is 64.1 Å². The van der Waals surface area contributed by atoms with E-state index < -0.39 is 11.9 Å². The molecule has 0 aliphatic carbocycles. The average Bonchev–Trinajstić information content (AvgIpc) is 2.01. The predicted octanol–water partition coefficient (Wildman–Crippen LogP) is 27.8. The molecule has 0 aromatic heterocycles. The summed E-state index contributed by atoms with van der Waals surface area (Å²) < 4.78 is 0. The minimum atomic E-state index is -0.745. The molecule has 0 amide bonds. The summed E-state index contributed by atoms with van der Waals surface area (Å²) in [6, 6.07) is -0.158. The molecule has 0 aliphatic rings. The number of carboxylic acid groups (broad SMARTS) is 1. The van der Waals surface area contributed by atoms with Gasteiger partial charge in [-0.25, -0.2) is 0 Å². The van der Waals surface area contributed by atoms with E-state index in [0.29, 0.717) is 6.42 Å². The van der Waals surface area contributed by atoms with E-state index in [0.717, 1.165) is 71.1 Å². The van der Waals surface area contributed by atoms with Crippen molar-refractivity contribution in [1.29, 1.82) is 0 Å². The van der Waals surface area contributed by atoms with Gasteiger partial charge in [-0.1, -0.05) is 401 Å². The van der Waals surface area contributed by atoms with Crippen LogP contribution < -0.4 is 0 Å². The Morgan fingerprint density at radius 3 is 0.615 bits per heavy atom. The molecule has 0 aromatic carbocycles. The molecule has 544 valence electrons. The molecule has 6 heteroatoms. The summed E-state index contributed by atoms with van der Waals surface area (Å²) in [7, 11) is 0. The van der Waals surface area contributed by atoms with Crippen LogP contribution in [0.1, 0.15) is 472 Å². The summed E-state index contributed by atoms with van der Waals surface area (Å²) >= 11 is 0. The number of hydrogen-bond donors (Lipinski definition) is 1. The molecule has 0 spiro atoms. The van der Waals surface area contributed by atoms with Crippen LogP contribution in [0.2, 0.25) is 0 Å². The summed E-state index contributed by atoms with van der Waals surface area (Å²) in [6.07, 6.45) is 87.3. The van der Waals surface area contributed by atoms with Gasteiger partial charge >= 0.3 is 5.97 Å². The van der Waals surface area contributed by atoms with Crippen LogP contribution in [0.3, 0.4) is 0 Å². The lowest BCUT2D eigenvalue weighted by molar-refractivity contribution is -0.144. The van der Waals surface area contributed by atoms with Crippen molar-refractivity contribution >= 4 is 11.8 Å². The fourth-order valence-electron chi connectivity index (χ4n) is 14.6. The smallest absolute Gasteiger partial charge is 0.306 e. The molecule has 91 heavy (non-hydrogen) atoms. The molecule has 0 radical (unpaired) electrons. The SMILES string of the molecule is CCCCCCCCCCCCN(CCCCCCCCCCCC)CCCCC(CC(=O)C(CCCCN(CCCCCCCCCCCC)CCCCCCCCCCCC)N(CCCCCCCCCCCC)CCCCCCCCCCCC)C(=O)O. The van der Waals surface area contributed by atoms with E-state index in [2.05, 4.69) is 56.2 Å². The van der Waals surface area contributed by atoms with Crippen molar-refractivity contribution in [3.05, 3.63) is 0 Å². The van der Waals surface area contributed by atoms with Crippen molar-refractivity contribution in [3.8, 4) is 0 Å². The van der Waals surface area contributed by atoms with E-state index in [1.54, 1.807) is 0 Å². The predicted molar refractivity (Wildman–Crippen MR) is 408 cm³/mol. The lowest BCUT2D eigenvalue weighted by atomic mass is 9.91. The van der Waals surface area contributed by atoms with E-state index in [1.165, 1.54) is 399 Å². The van der Waals surface area contributed by atoms with Crippen LogP contribution in [0.25, 0.3) is 0 Å². The number of Topliss-reactive ketones (excluding diaryl/α,β-unsaturated/α-hetero) is 1. The van der Waals surface area contributed by atoms with Crippen LogP contribution in [-0.2, 0) is 9.59 Å². The van der Waals surface area contributed by atoms with Gasteiger partial charge in [-0.2, -0.15) is 0 Å². The Kier molecular flexibility index (Phi) is 75.6. The second-order valence-electron chi connectivity index (χ2n) is 30.0. The zero-order chi connectivity index (χ0) is 66.1. The maximum absolute atomic E-state index is 15.2. The highest BCUT2D eigenvalue weighted by molar-refractivity contribution is 5.87. The first-order valence-corrected chi connectivity index (χ1v) is 42.8. The van der Waals surface area contributed by atoms with E-state index in [9.17, 15) is 9.90 Å². The third-order valence-corrected chi connectivity index (χ3v) is 21.0. The third-order valence-electron chi connectivity index (χ3n) is 21.0. The standard InChI is InChI=1S/C85H171N3O3/c1-7-13-19-25-31-37-43-49-55-63-73-86(74-64-56-50-44-38-32-26-20-14-8-2)77-69-61-71-82(85(90)91)81-84(89)83(88(79-67-59-53-47-41-35-29-23-17-11-5)80-68-60-54-48-42-36-30-24-18-12-6)72-62-70-78-87(75-65-57-51-45-39-33-27-21-15-9-3)76-66-58-52-46-40-34-28-22-16-10-4/h82-83H,7-81H2,1-6H3,(H,90,91). The van der Waals surface area contributed by atoms with Crippen LogP contribution in [0.5, 0.6) is 0 Å².